The molecular formula is C46H46N12O5. The van der Waals surface area contributed by atoms with E-state index in [9.17, 15) is 29.5 Å². The number of carbonyl (C=O) groups excluding carboxylic acids is 2. The van der Waals surface area contributed by atoms with Crippen LogP contribution in [0.4, 0.5) is 11.5 Å². The van der Waals surface area contributed by atoms with Gasteiger partial charge in [-0.05, 0) is 61.4 Å². The Hall–Kier alpha value is -7.13. The van der Waals surface area contributed by atoms with Crippen molar-refractivity contribution in [3.05, 3.63) is 129 Å². The molecule has 0 aliphatic carbocycles. The van der Waals surface area contributed by atoms with Crippen molar-refractivity contribution in [3.63, 3.8) is 0 Å². The lowest BCUT2D eigenvalue weighted by atomic mass is 9.98. The van der Waals surface area contributed by atoms with E-state index in [0.29, 0.717) is 46.4 Å². The second-order valence-electron chi connectivity index (χ2n) is 16.3. The van der Waals surface area contributed by atoms with E-state index < -0.39 is 18.1 Å². The molecule has 4 atom stereocenters. The number of rotatable bonds is 10. The minimum atomic E-state index is -0.819. The highest BCUT2D eigenvalue weighted by atomic mass is 16.3. The van der Waals surface area contributed by atoms with E-state index in [1.54, 1.807) is 42.7 Å². The summed E-state index contributed by atoms with van der Waals surface area (Å²) in [5.41, 5.74) is 4.52. The average Bonchev–Trinajstić information content (AvgIpc) is 3.30. The zero-order valence-corrected chi connectivity index (χ0v) is 34.6. The van der Waals surface area contributed by atoms with Crippen molar-refractivity contribution in [1.82, 2.24) is 45.5 Å². The predicted molar refractivity (Wildman–Crippen MR) is 236 cm³/mol. The van der Waals surface area contributed by atoms with Crippen molar-refractivity contribution in [2.45, 2.75) is 50.4 Å². The quantitative estimate of drug-likeness (QED) is 0.146. The third kappa shape index (κ3) is 8.69. The van der Waals surface area contributed by atoms with Crippen molar-refractivity contribution in [2.75, 3.05) is 55.6 Å². The number of fused-ring (bicyclic) bond motifs is 1. The third-order valence-electron chi connectivity index (χ3n) is 12.3. The maximum Gasteiger partial charge on any atom is 0.275 e. The van der Waals surface area contributed by atoms with Crippen LogP contribution in [0.3, 0.4) is 0 Å². The summed E-state index contributed by atoms with van der Waals surface area (Å²) in [5, 5.41) is 38.7. The van der Waals surface area contributed by atoms with Gasteiger partial charge in [-0.1, -0.05) is 36.4 Å². The molecule has 3 aromatic heterocycles. The Labute approximate surface area is 362 Å². The molecule has 4 unspecified atom stereocenters. The number of hydrogen-bond acceptors (Lipinski definition) is 14. The number of amides is 2. The fourth-order valence-electron chi connectivity index (χ4n) is 9.00. The summed E-state index contributed by atoms with van der Waals surface area (Å²) in [4.78, 5) is 66.6. The lowest BCUT2D eigenvalue weighted by Crippen LogP contribution is -2.65. The Morgan fingerprint density at radius 2 is 1.75 bits per heavy atom. The van der Waals surface area contributed by atoms with Gasteiger partial charge in [0.05, 0.1) is 41.1 Å². The van der Waals surface area contributed by atoms with Crippen LogP contribution in [0.25, 0.3) is 33.4 Å². The van der Waals surface area contributed by atoms with Crippen LogP contribution in [0, 0.1) is 11.3 Å². The number of aromatic amines is 1. The van der Waals surface area contributed by atoms with Crippen LogP contribution in [0.1, 0.15) is 42.5 Å². The summed E-state index contributed by atoms with van der Waals surface area (Å²) < 4.78 is 1.18. The minimum Gasteiger partial charge on any atom is -0.392 e. The molecule has 3 aliphatic rings. The fraction of sp³-hybridized carbons (Fsp3) is 0.326. The second kappa shape index (κ2) is 17.7. The Morgan fingerprint density at radius 3 is 2.52 bits per heavy atom. The number of nitrogens with one attached hydrogen (secondary N) is 3. The SMILES string of the molecule is CC(O)C(C1CN(c2ccnc(-c3ccc(Cc4cc(-c5cccc(C#N)c5)n[nH]c4=O)cc3)n2)CCN1)N1CCN(c2ccc3c(=O)n(C4CCC(=O)NC4=O)ncc3c2)CC1. The minimum absolute atomic E-state index is 0.0339. The van der Waals surface area contributed by atoms with Gasteiger partial charge in [-0.15, -0.1) is 0 Å². The summed E-state index contributed by atoms with van der Waals surface area (Å²) in [7, 11) is 0. The molecule has 4 N–H and O–H groups in total. The third-order valence-corrected chi connectivity index (χ3v) is 12.3. The molecule has 6 heterocycles. The number of imide groups is 1. The smallest absolute Gasteiger partial charge is 0.275 e. The lowest BCUT2D eigenvalue weighted by Gasteiger charge is -2.47. The molecule has 6 aromatic rings. The molecule has 63 heavy (non-hydrogen) atoms. The summed E-state index contributed by atoms with van der Waals surface area (Å²) >= 11 is 0. The van der Waals surface area contributed by atoms with Crippen molar-refractivity contribution in [1.29, 1.82) is 5.26 Å². The van der Waals surface area contributed by atoms with E-state index in [0.717, 1.165) is 67.5 Å². The van der Waals surface area contributed by atoms with Crippen molar-refractivity contribution in [3.8, 4) is 28.7 Å². The molecule has 3 aromatic carbocycles. The first-order chi connectivity index (χ1) is 30.6. The lowest BCUT2D eigenvalue weighted by molar-refractivity contribution is -0.136. The van der Waals surface area contributed by atoms with Crippen LogP contribution in [0.5, 0.6) is 0 Å². The number of aliphatic hydroxyl groups excluding tert-OH is 1. The molecule has 0 radical (unpaired) electrons. The molecule has 9 rings (SSSR count). The van der Waals surface area contributed by atoms with Crippen LogP contribution in [-0.4, -0.2) is 116 Å². The number of aliphatic hydroxyl groups is 1. The summed E-state index contributed by atoms with van der Waals surface area (Å²) in [5.74, 6) is 0.528. The van der Waals surface area contributed by atoms with Gasteiger partial charge in [-0.3, -0.25) is 29.4 Å². The largest absolute Gasteiger partial charge is 0.392 e. The van der Waals surface area contributed by atoms with Gasteiger partial charge in [0.25, 0.3) is 17.0 Å². The molecule has 3 aliphatic heterocycles. The number of H-pyrrole nitrogens is 1. The van der Waals surface area contributed by atoms with Gasteiger partial charge in [-0.2, -0.15) is 15.5 Å². The first kappa shape index (κ1) is 41.2. The Bertz CT molecular complexity index is 2850. The van der Waals surface area contributed by atoms with Gasteiger partial charge in [0.15, 0.2) is 5.82 Å². The normalized spacial score (nSPS) is 19.4. The monoisotopic (exact) mass is 846 g/mol. The number of carbonyl (C=O) groups is 2. The molecule has 0 bridgehead atoms. The van der Waals surface area contributed by atoms with E-state index in [1.807, 2.05) is 55.5 Å². The van der Waals surface area contributed by atoms with Crippen molar-refractivity contribution < 1.29 is 14.7 Å². The number of nitrogens with zero attached hydrogens (tertiary/aromatic N) is 9. The zero-order valence-electron chi connectivity index (χ0n) is 34.6. The molecule has 17 heteroatoms. The van der Waals surface area contributed by atoms with Gasteiger partial charge >= 0.3 is 0 Å². The fourth-order valence-corrected chi connectivity index (χ4v) is 9.00. The zero-order chi connectivity index (χ0) is 43.6. The predicted octanol–water partition coefficient (Wildman–Crippen LogP) is 2.39. The Morgan fingerprint density at radius 1 is 0.921 bits per heavy atom. The van der Waals surface area contributed by atoms with E-state index in [2.05, 4.69) is 51.7 Å². The molecule has 3 fully saturated rings. The maximum atomic E-state index is 13.4. The van der Waals surface area contributed by atoms with Crippen LogP contribution >= 0.6 is 0 Å². The van der Waals surface area contributed by atoms with Crippen molar-refractivity contribution in [2.24, 2.45) is 0 Å². The van der Waals surface area contributed by atoms with E-state index in [4.69, 9.17) is 4.98 Å². The topological polar surface area (TPSA) is 218 Å². The van der Waals surface area contributed by atoms with Gasteiger partial charge in [0.2, 0.25) is 5.91 Å². The highest BCUT2D eigenvalue weighted by Gasteiger charge is 2.36. The standard InChI is InChI=1S/C46H46N12O5/c1-28(59)42(56-19-17-55(18-20-56)35-9-10-36-34(23-35)26-50-58(46(36)63)39-11-12-41(60)52-45(39)62)38-27-57(16-15-48-38)40-13-14-49-43(51-40)31-7-5-29(6-8-31)21-33-24-37(53-54-44(33)61)32-4-2-3-30(22-32)25-47/h2-10,13-14,22-24,26,28,38-39,42,48,59H,11-12,15-21,27H2,1H3,(H,54,61)(H,52,60,62). The second-order valence-corrected chi connectivity index (χ2v) is 16.3. The first-order valence-electron chi connectivity index (χ1n) is 21.1. The van der Waals surface area contributed by atoms with Crippen LogP contribution in [0.2, 0.25) is 0 Å². The highest BCUT2D eigenvalue weighted by Crippen LogP contribution is 2.27. The van der Waals surface area contributed by atoms with E-state index in [-0.39, 0.29) is 42.0 Å². The number of piperidine rings is 1. The first-order valence-corrected chi connectivity index (χ1v) is 21.1. The Kier molecular flexibility index (Phi) is 11.6. The Balaban J connectivity index is 0.837. The average molecular weight is 847 g/mol. The summed E-state index contributed by atoms with van der Waals surface area (Å²) in [6, 6.07) is 25.4. The number of benzene rings is 3. The van der Waals surface area contributed by atoms with Crippen LogP contribution in [-0.2, 0) is 16.0 Å². The van der Waals surface area contributed by atoms with E-state index >= 15 is 0 Å². The molecule has 0 saturated carbocycles. The van der Waals surface area contributed by atoms with Gasteiger partial charge in [-0.25, -0.2) is 19.7 Å². The number of piperazine rings is 2. The van der Waals surface area contributed by atoms with Crippen LogP contribution < -0.4 is 31.6 Å². The molecule has 0 spiro atoms. The molecular weight excluding hydrogens is 801 g/mol. The van der Waals surface area contributed by atoms with Gasteiger partial charge in [0.1, 0.15) is 11.9 Å². The molecule has 2 amide bonds. The van der Waals surface area contributed by atoms with Gasteiger partial charge in [0, 0.05) is 98.7 Å². The van der Waals surface area contributed by atoms with Crippen LogP contribution in [0.15, 0.2) is 101 Å². The highest BCUT2D eigenvalue weighted by molar-refractivity contribution is 5.99. The number of aromatic nitrogens is 6. The van der Waals surface area contributed by atoms with Crippen molar-refractivity contribution >= 4 is 34.1 Å². The molecule has 17 nitrogen and oxygen atoms in total. The van der Waals surface area contributed by atoms with E-state index in [1.165, 1.54) is 4.68 Å². The molecule has 320 valence electrons. The summed E-state index contributed by atoms with van der Waals surface area (Å²) in [6.07, 6.45) is 3.56. The number of anilines is 2. The molecule has 3 saturated heterocycles. The number of hydrogen-bond donors (Lipinski definition) is 4. The van der Waals surface area contributed by atoms with Gasteiger partial charge < -0.3 is 20.2 Å². The maximum absolute atomic E-state index is 13.4. The summed E-state index contributed by atoms with van der Waals surface area (Å²) in [6.45, 7) is 6.84. The number of nitriles is 1.